The van der Waals surface area contributed by atoms with Crippen molar-refractivity contribution in [3.05, 3.63) is 0 Å². The quantitative estimate of drug-likeness (QED) is 0.794. The van der Waals surface area contributed by atoms with Crippen LogP contribution in [0, 0.1) is 5.92 Å². The monoisotopic (exact) mass is 262 g/mol. The number of halogens is 1. The molecule has 0 aromatic heterocycles. The van der Waals surface area contributed by atoms with Gasteiger partial charge in [0.2, 0.25) is 0 Å². The molecule has 2 aliphatic rings. The lowest BCUT2D eigenvalue weighted by molar-refractivity contribution is -0.0298. The first-order valence-electron chi connectivity index (χ1n) is 6.69. The molecule has 0 spiro atoms. The summed E-state index contributed by atoms with van der Waals surface area (Å²) in [5.41, 5.74) is -0.554. The van der Waals surface area contributed by atoms with Gasteiger partial charge in [-0.3, -0.25) is 4.90 Å². The molecule has 2 fully saturated rings. The van der Waals surface area contributed by atoms with Crippen LogP contribution < -0.4 is 5.32 Å². The van der Waals surface area contributed by atoms with Crippen LogP contribution in [-0.4, -0.2) is 47.3 Å². The molecule has 102 valence electrons. The SMILES string of the molecule is CC1CNCCC1N1CCC[C@H]1C(C)(C)O.Cl. The number of likely N-dealkylation sites (tertiary alicyclic amines) is 1. The van der Waals surface area contributed by atoms with Crippen LogP contribution in [0.25, 0.3) is 0 Å². The summed E-state index contributed by atoms with van der Waals surface area (Å²) in [6, 6.07) is 1.03. The molecule has 0 aromatic carbocycles. The van der Waals surface area contributed by atoms with Crippen molar-refractivity contribution < 1.29 is 5.11 Å². The number of nitrogens with one attached hydrogen (secondary N) is 1. The maximum atomic E-state index is 10.2. The molecule has 0 amide bonds. The summed E-state index contributed by atoms with van der Waals surface area (Å²) < 4.78 is 0. The molecule has 2 unspecified atom stereocenters. The van der Waals surface area contributed by atoms with Crippen molar-refractivity contribution >= 4 is 12.4 Å². The Kier molecular flexibility index (Phi) is 5.26. The number of hydrogen-bond acceptors (Lipinski definition) is 3. The van der Waals surface area contributed by atoms with E-state index in [9.17, 15) is 5.11 Å². The van der Waals surface area contributed by atoms with E-state index in [2.05, 4.69) is 17.1 Å². The summed E-state index contributed by atoms with van der Waals surface area (Å²) in [5, 5.41) is 13.7. The molecular weight excluding hydrogens is 236 g/mol. The van der Waals surface area contributed by atoms with Crippen LogP contribution in [0.1, 0.15) is 40.0 Å². The minimum atomic E-state index is -0.554. The molecule has 0 bridgehead atoms. The highest BCUT2D eigenvalue weighted by molar-refractivity contribution is 5.85. The van der Waals surface area contributed by atoms with Gasteiger partial charge in [-0.15, -0.1) is 12.4 Å². The fraction of sp³-hybridized carbons (Fsp3) is 1.00. The van der Waals surface area contributed by atoms with Crippen LogP contribution in [0.3, 0.4) is 0 Å². The van der Waals surface area contributed by atoms with Crippen LogP contribution in [0.4, 0.5) is 0 Å². The van der Waals surface area contributed by atoms with E-state index in [1.165, 1.54) is 19.4 Å². The Morgan fingerprint density at radius 1 is 1.29 bits per heavy atom. The van der Waals surface area contributed by atoms with E-state index in [0.717, 1.165) is 19.5 Å². The van der Waals surface area contributed by atoms with E-state index in [0.29, 0.717) is 18.0 Å². The van der Waals surface area contributed by atoms with Gasteiger partial charge in [-0.05, 0) is 58.7 Å². The molecule has 2 heterocycles. The van der Waals surface area contributed by atoms with Crippen molar-refractivity contribution in [2.75, 3.05) is 19.6 Å². The Balaban J connectivity index is 0.00000144. The molecule has 2 aliphatic heterocycles. The summed E-state index contributed by atoms with van der Waals surface area (Å²) in [7, 11) is 0. The van der Waals surface area contributed by atoms with Gasteiger partial charge >= 0.3 is 0 Å². The van der Waals surface area contributed by atoms with Crippen LogP contribution in [-0.2, 0) is 0 Å². The van der Waals surface area contributed by atoms with Crippen LogP contribution in [0.15, 0.2) is 0 Å². The minimum absolute atomic E-state index is 0. The Morgan fingerprint density at radius 2 is 2.00 bits per heavy atom. The molecule has 0 aromatic rings. The second-order valence-corrected chi connectivity index (χ2v) is 6.09. The van der Waals surface area contributed by atoms with Gasteiger partial charge in [-0.25, -0.2) is 0 Å². The summed E-state index contributed by atoms with van der Waals surface area (Å²) in [6.45, 7) is 9.67. The Hall–Kier alpha value is 0.170. The van der Waals surface area contributed by atoms with Gasteiger partial charge in [-0.2, -0.15) is 0 Å². The molecule has 2 saturated heterocycles. The summed E-state index contributed by atoms with van der Waals surface area (Å²) in [5.74, 6) is 0.705. The van der Waals surface area contributed by atoms with E-state index >= 15 is 0 Å². The normalized spacial score (nSPS) is 35.6. The second kappa shape index (κ2) is 5.87. The third kappa shape index (κ3) is 3.34. The third-order valence-electron chi connectivity index (χ3n) is 4.28. The second-order valence-electron chi connectivity index (χ2n) is 6.09. The molecular formula is C13H27ClN2O. The van der Waals surface area contributed by atoms with Crippen molar-refractivity contribution in [1.82, 2.24) is 10.2 Å². The van der Waals surface area contributed by atoms with Gasteiger partial charge in [-0.1, -0.05) is 6.92 Å². The van der Waals surface area contributed by atoms with E-state index in [1.807, 2.05) is 13.8 Å². The average molecular weight is 263 g/mol. The number of rotatable bonds is 2. The standard InChI is InChI=1S/C13H26N2O.ClH/c1-10-9-14-7-6-11(10)15-8-4-5-12(15)13(2,3)16;/h10-12,14,16H,4-9H2,1-3H3;1H/t10?,11?,12-;/m0./s1. The Bertz CT molecular complexity index is 242. The largest absolute Gasteiger partial charge is 0.389 e. The van der Waals surface area contributed by atoms with Gasteiger partial charge in [0.05, 0.1) is 5.60 Å². The molecule has 4 heteroatoms. The van der Waals surface area contributed by atoms with Crippen LogP contribution in [0.5, 0.6) is 0 Å². The predicted octanol–water partition coefficient (Wildman–Crippen LogP) is 1.64. The van der Waals surface area contributed by atoms with Gasteiger partial charge < -0.3 is 10.4 Å². The first kappa shape index (κ1) is 15.2. The van der Waals surface area contributed by atoms with E-state index < -0.39 is 5.60 Å². The predicted molar refractivity (Wildman–Crippen MR) is 73.7 cm³/mol. The fourth-order valence-corrected chi connectivity index (χ4v) is 3.44. The topological polar surface area (TPSA) is 35.5 Å². The number of hydrogen-bond donors (Lipinski definition) is 2. The minimum Gasteiger partial charge on any atom is -0.389 e. The van der Waals surface area contributed by atoms with E-state index in [1.54, 1.807) is 0 Å². The van der Waals surface area contributed by atoms with Crippen LogP contribution in [0.2, 0.25) is 0 Å². The van der Waals surface area contributed by atoms with Crippen molar-refractivity contribution in [1.29, 1.82) is 0 Å². The molecule has 3 atom stereocenters. The average Bonchev–Trinajstić information content (AvgIpc) is 2.66. The van der Waals surface area contributed by atoms with Crippen molar-refractivity contribution in [2.24, 2.45) is 5.92 Å². The molecule has 2 N–H and O–H groups in total. The summed E-state index contributed by atoms with van der Waals surface area (Å²) in [6.07, 6.45) is 3.62. The third-order valence-corrected chi connectivity index (χ3v) is 4.28. The number of aliphatic hydroxyl groups is 1. The first-order chi connectivity index (χ1) is 7.50. The van der Waals surface area contributed by atoms with Crippen molar-refractivity contribution in [3.8, 4) is 0 Å². The Morgan fingerprint density at radius 3 is 2.59 bits per heavy atom. The van der Waals surface area contributed by atoms with Crippen LogP contribution >= 0.6 is 12.4 Å². The number of piperidine rings is 1. The summed E-state index contributed by atoms with van der Waals surface area (Å²) in [4.78, 5) is 2.57. The van der Waals surface area contributed by atoms with Gasteiger partial charge in [0.1, 0.15) is 0 Å². The Labute approximate surface area is 111 Å². The molecule has 17 heavy (non-hydrogen) atoms. The lowest BCUT2D eigenvalue weighted by Gasteiger charge is -2.43. The molecule has 3 nitrogen and oxygen atoms in total. The highest BCUT2D eigenvalue weighted by atomic mass is 35.5. The fourth-order valence-electron chi connectivity index (χ4n) is 3.44. The lowest BCUT2D eigenvalue weighted by Crippen LogP contribution is -2.55. The molecule has 0 aliphatic carbocycles. The maximum absolute atomic E-state index is 10.2. The molecule has 0 saturated carbocycles. The molecule has 0 radical (unpaired) electrons. The van der Waals surface area contributed by atoms with Gasteiger partial charge in [0.15, 0.2) is 0 Å². The zero-order chi connectivity index (χ0) is 11.8. The lowest BCUT2D eigenvalue weighted by atomic mass is 9.89. The van der Waals surface area contributed by atoms with E-state index in [-0.39, 0.29) is 12.4 Å². The zero-order valence-electron chi connectivity index (χ0n) is 11.3. The van der Waals surface area contributed by atoms with Crippen molar-refractivity contribution in [3.63, 3.8) is 0 Å². The van der Waals surface area contributed by atoms with Gasteiger partial charge in [0, 0.05) is 12.1 Å². The zero-order valence-corrected chi connectivity index (χ0v) is 12.1. The first-order valence-corrected chi connectivity index (χ1v) is 6.69. The van der Waals surface area contributed by atoms with Crippen molar-refractivity contribution in [2.45, 2.75) is 57.7 Å². The molecule has 2 rings (SSSR count). The highest BCUT2D eigenvalue weighted by Crippen LogP contribution is 2.32. The smallest absolute Gasteiger partial charge is 0.0746 e. The van der Waals surface area contributed by atoms with E-state index in [4.69, 9.17) is 0 Å². The van der Waals surface area contributed by atoms with Gasteiger partial charge in [0.25, 0.3) is 0 Å². The highest BCUT2D eigenvalue weighted by Gasteiger charge is 2.41. The summed E-state index contributed by atoms with van der Waals surface area (Å²) >= 11 is 0. The maximum Gasteiger partial charge on any atom is 0.0746 e. The number of nitrogens with zero attached hydrogens (tertiary/aromatic N) is 1.